The molecule has 1 aliphatic rings. The van der Waals surface area contributed by atoms with Gasteiger partial charge in [-0.2, -0.15) is 0 Å². The molecule has 1 aromatic rings. The molecule has 1 heterocycles. The lowest BCUT2D eigenvalue weighted by Crippen LogP contribution is -2.22. The highest BCUT2D eigenvalue weighted by Gasteiger charge is 2.26. The first kappa shape index (κ1) is 15.6. The van der Waals surface area contributed by atoms with Crippen molar-refractivity contribution in [3.05, 3.63) is 24.3 Å². The summed E-state index contributed by atoms with van der Waals surface area (Å²) in [6.07, 6.45) is 2.74. The Bertz CT molecular complexity index is 545. The lowest BCUT2D eigenvalue weighted by atomic mass is 10.1. The van der Waals surface area contributed by atoms with E-state index in [0.29, 0.717) is 23.1 Å². The van der Waals surface area contributed by atoms with Crippen molar-refractivity contribution in [1.29, 1.82) is 0 Å². The summed E-state index contributed by atoms with van der Waals surface area (Å²) in [6.45, 7) is 3.72. The minimum absolute atomic E-state index is 0.211. The van der Waals surface area contributed by atoms with E-state index in [1.165, 1.54) is 0 Å². The van der Waals surface area contributed by atoms with Crippen LogP contribution in [0.4, 0.5) is 5.69 Å². The number of benzene rings is 1. The number of halogens is 1. The van der Waals surface area contributed by atoms with Crippen molar-refractivity contribution in [2.75, 3.05) is 29.6 Å². The molecule has 0 aliphatic carbocycles. The van der Waals surface area contributed by atoms with Gasteiger partial charge < -0.3 is 4.90 Å². The molecular weight excluding hydrogens is 294 g/mol. The van der Waals surface area contributed by atoms with Gasteiger partial charge in [0.2, 0.25) is 0 Å². The van der Waals surface area contributed by atoms with E-state index >= 15 is 0 Å². The van der Waals surface area contributed by atoms with Crippen molar-refractivity contribution in [1.82, 2.24) is 0 Å². The fourth-order valence-corrected chi connectivity index (χ4v) is 4.67. The van der Waals surface area contributed by atoms with E-state index in [1.54, 1.807) is 12.1 Å². The molecule has 0 bridgehead atoms. The molecule has 112 valence electrons. The van der Waals surface area contributed by atoms with E-state index in [1.807, 2.05) is 19.1 Å². The second-order valence-corrected chi connectivity index (χ2v) is 7.82. The third-order valence-corrected chi connectivity index (χ3v) is 6.00. The summed E-state index contributed by atoms with van der Waals surface area (Å²) in [4.78, 5) is 2.67. The van der Waals surface area contributed by atoms with Crippen LogP contribution in [0.15, 0.2) is 29.2 Å². The number of sulfone groups is 1. The molecule has 3 nitrogen and oxygen atoms in total. The van der Waals surface area contributed by atoms with E-state index in [-0.39, 0.29) is 5.75 Å². The first-order valence-corrected chi connectivity index (χ1v) is 9.40. The lowest BCUT2D eigenvalue weighted by molar-refractivity contribution is 0.571. The van der Waals surface area contributed by atoms with Crippen LogP contribution in [0.3, 0.4) is 0 Å². The fourth-order valence-electron chi connectivity index (χ4n) is 2.80. The fraction of sp³-hybridized carbons (Fsp3) is 0.600. The Morgan fingerprint density at radius 2 is 2.10 bits per heavy atom. The molecule has 5 heteroatoms. The standard InChI is InChI=1S/C15H22ClNO2S/c1-2-11-20(18,19)15-6-4-3-5-14(15)17-10-8-13(12-17)7-9-16/h3-6,13H,2,7-12H2,1H3. The lowest BCUT2D eigenvalue weighted by Gasteiger charge is -2.22. The largest absolute Gasteiger partial charge is 0.370 e. The summed E-state index contributed by atoms with van der Waals surface area (Å²) < 4.78 is 24.7. The van der Waals surface area contributed by atoms with Gasteiger partial charge in [-0.05, 0) is 37.3 Å². The molecule has 20 heavy (non-hydrogen) atoms. The van der Waals surface area contributed by atoms with Crippen molar-refractivity contribution in [2.24, 2.45) is 5.92 Å². The molecule has 1 aliphatic heterocycles. The number of rotatable bonds is 6. The highest BCUT2D eigenvalue weighted by molar-refractivity contribution is 7.91. The van der Waals surface area contributed by atoms with Crippen LogP contribution in [0, 0.1) is 5.92 Å². The van der Waals surface area contributed by atoms with Gasteiger partial charge in [-0.3, -0.25) is 0 Å². The molecule has 0 N–H and O–H groups in total. The van der Waals surface area contributed by atoms with Gasteiger partial charge in [0.15, 0.2) is 9.84 Å². The van der Waals surface area contributed by atoms with Crippen molar-refractivity contribution >= 4 is 27.1 Å². The van der Waals surface area contributed by atoms with Crippen LogP contribution in [0.2, 0.25) is 0 Å². The zero-order valence-corrected chi connectivity index (χ0v) is 13.5. The summed E-state index contributed by atoms with van der Waals surface area (Å²) in [5.41, 5.74) is 0.859. The van der Waals surface area contributed by atoms with Gasteiger partial charge in [0, 0.05) is 19.0 Å². The summed E-state index contributed by atoms with van der Waals surface area (Å²) in [5, 5.41) is 0. The molecule has 0 aromatic heterocycles. The maximum absolute atomic E-state index is 12.4. The van der Waals surface area contributed by atoms with E-state index in [4.69, 9.17) is 11.6 Å². The third kappa shape index (κ3) is 3.47. The number of anilines is 1. The van der Waals surface area contributed by atoms with Crippen LogP contribution >= 0.6 is 11.6 Å². The van der Waals surface area contributed by atoms with Gasteiger partial charge in [0.05, 0.1) is 16.3 Å². The average molecular weight is 316 g/mol. The zero-order valence-electron chi connectivity index (χ0n) is 11.9. The van der Waals surface area contributed by atoms with Crippen LogP contribution < -0.4 is 4.90 Å². The molecule has 0 amide bonds. The van der Waals surface area contributed by atoms with Gasteiger partial charge >= 0.3 is 0 Å². The van der Waals surface area contributed by atoms with Gasteiger partial charge in [0.25, 0.3) is 0 Å². The van der Waals surface area contributed by atoms with Crippen molar-refractivity contribution in [2.45, 2.75) is 31.1 Å². The predicted octanol–water partition coefficient (Wildman–Crippen LogP) is 3.33. The Labute approximate surface area is 126 Å². The average Bonchev–Trinajstić information content (AvgIpc) is 2.88. The smallest absolute Gasteiger partial charge is 0.180 e. The first-order valence-electron chi connectivity index (χ1n) is 7.21. The highest BCUT2D eigenvalue weighted by Crippen LogP contribution is 2.31. The summed E-state index contributed by atoms with van der Waals surface area (Å²) >= 11 is 5.81. The number of hydrogen-bond acceptors (Lipinski definition) is 3. The summed E-state index contributed by atoms with van der Waals surface area (Å²) in [7, 11) is -3.18. The first-order chi connectivity index (χ1) is 9.58. The molecule has 1 fully saturated rings. The highest BCUT2D eigenvalue weighted by atomic mass is 35.5. The number of hydrogen-bond donors (Lipinski definition) is 0. The molecule has 0 spiro atoms. The summed E-state index contributed by atoms with van der Waals surface area (Å²) in [6, 6.07) is 7.37. The quantitative estimate of drug-likeness (QED) is 0.756. The Morgan fingerprint density at radius 3 is 2.80 bits per heavy atom. The van der Waals surface area contributed by atoms with Gasteiger partial charge in [-0.1, -0.05) is 19.1 Å². The zero-order chi connectivity index (χ0) is 14.6. The molecule has 0 saturated carbocycles. The Balaban J connectivity index is 2.25. The van der Waals surface area contributed by atoms with E-state index in [0.717, 1.165) is 31.6 Å². The Hall–Kier alpha value is -0.740. The minimum Gasteiger partial charge on any atom is -0.370 e. The van der Waals surface area contributed by atoms with Crippen LogP contribution in [-0.2, 0) is 9.84 Å². The van der Waals surface area contributed by atoms with Gasteiger partial charge in [0.1, 0.15) is 0 Å². The van der Waals surface area contributed by atoms with Crippen LogP contribution in [0.25, 0.3) is 0 Å². The number of alkyl halides is 1. The number of nitrogens with zero attached hydrogens (tertiary/aromatic N) is 1. The minimum atomic E-state index is -3.18. The molecule has 1 atom stereocenters. The van der Waals surface area contributed by atoms with Crippen molar-refractivity contribution < 1.29 is 8.42 Å². The maximum Gasteiger partial charge on any atom is 0.180 e. The van der Waals surface area contributed by atoms with E-state index in [2.05, 4.69) is 4.90 Å². The summed E-state index contributed by atoms with van der Waals surface area (Å²) in [5.74, 6) is 1.46. The second kappa shape index (κ2) is 6.81. The maximum atomic E-state index is 12.4. The van der Waals surface area contributed by atoms with Gasteiger partial charge in [-0.15, -0.1) is 11.6 Å². The van der Waals surface area contributed by atoms with Crippen molar-refractivity contribution in [3.63, 3.8) is 0 Å². The third-order valence-electron chi connectivity index (χ3n) is 3.82. The molecule has 1 aromatic carbocycles. The SMILES string of the molecule is CCCS(=O)(=O)c1ccccc1N1CCC(CCCl)C1. The normalized spacial score (nSPS) is 19.5. The van der Waals surface area contributed by atoms with Crippen LogP contribution in [0.1, 0.15) is 26.2 Å². The topological polar surface area (TPSA) is 37.4 Å². The Morgan fingerprint density at radius 1 is 1.35 bits per heavy atom. The monoisotopic (exact) mass is 315 g/mol. The van der Waals surface area contributed by atoms with Crippen LogP contribution in [0.5, 0.6) is 0 Å². The predicted molar refractivity (Wildman–Crippen MR) is 84.4 cm³/mol. The number of para-hydroxylation sites is 1. The molecular formula is C15H22ClNO2S. The molecule has 1 unspecified atom stereocenters. The van der Waals surface area contributed by atoms with E-state index < -0.39 is 9.84 Å². The molecule has 0 radical (unpaired) electrons. The molecule has 2 rings (SSSR count). The van der Waals surface area contributed by atoms with Gasteiger partial charge in [-0.25, -0.2) is 8.42 Å². The van der Waals surface area contributed by atoms with Crippen LogP contribution in [-0.4, -0.2) is 33.1 Å². The second-order valence-electron chi connectivity index (χ2n) is 5.36. The Kier molecular flexibility index (Phi) is 5.33. The van der Waals surface area contributed by atoms with Crippen molar-refractivity contribution in [3.8, 4) is 0 Å². The molecule has 1 saturated heterocycles. The van der Waals surface area contributed by atoms with E-state index in [9.17, 15) is 8.42 Å².